The first-order valence-corrected chi connectivity index (χ1v) is 9.20. The summed E-state index contributed by atoms with van der Waals surface area (Å²) in [6.45, 7) is 6.88. The first-order chi connectivity index (χ1) is 10.3. The van der Waals surface area contributed by atoms with Crippen LogP contribution in [0.1, 0.15) is 18.3 Å². The molecule has 2 rings (SSSR count). The van der Waals surface area contributed by atoms with Crippen LogP contribution in [0.2, 0.25) is 5.02 Å². The highest BCUT2D eigenvalue weighted by atomic mass is 35.5. The van der Waals surface area contributed by atoms with Gasteiger partial charge in [-0.2, -0.15) is 9.40 Å². The molecule has 7 nitrogen and oxygen atoms in total. The molecule has 9 heteroatoms. The van der Waals surface area contributed by atoms with Gasteiger partial charge < -0.3 is 4.90 Å². The van der Waals surface area contributed by atoms with Gasteiger partial charge in [0.15, 0.2) is 0 Å². The van der Waals surface area contributed by atoms with Crippen LogP contribution in [0, 0.1) is 13.8 Å². The Bertz CT molecular complexity index is 663. The van der Waals surface area contributed by atoms with Gasteiger partial charge in [-0.05, 0) is 20.8 Å². The van der Waals surface area contributed by atoms with Crippen LogP contribution in [0.25, 0.3) is 0 Å². The van der Waals surface area contributed by atoms with Gasteiger partial charge in [-0.25, -0.2) is 8.42 Å². The van der Waals surface area contributed by atoms with Crippen molar-refractivity contribution in [2.24, 2.45) is 0 Å². The third-order valence-electron chi connectivity index (χ3n) is 3.93. The van der Waals surface area contributed by atoms with E-state index in [0.717, 1.165) is 5.69 Å². The SMILES string of the molecule is CCS(=O)(=O)N1CCN(C(=O)Cn2nc(C)c(Cl)c2C)CC1. The van der Waals surface area contributed by atoms with Crippen LogP contribution in [0.3, 0.4) is 0 Å². The average molecular weight is 349 g/mol. The van der Waals surface area contributed by atoms with E-state index in [0.29, 0.717) is 36.9 Å². The van der Waals surface area contributed by atoms with E-state index in [-0.39, 0.29) is 18.2 Å². The Kier molecular flexibility index (Phi) is 5.14. The maximum Gasteiger partial charge on any atom is 0.244 e. The monoisotopic (exact) mass is 348 g/mol. The van der Waals surface area contributed by atoms with Crippen LogP contribution in [0.15, 0.2) is 0 Å². The number of aryl methyl sites for hydroxylation is 1. The van der Waals surface area contributed by atoms with Crippen molar-refractivity contribution in [1.29, 1.82) is 0 Å². The molecule has 1 amide bonds. The number of rotatable bonds is 4. The van der Waals surface area contributed by atoms with Gasteiger partial charge in [0.05, 0.1) is 22.2 Å². The normalized spacial score (nSPS) is 17.0. The standard InChI is InChI=1S/C13H21ClN4O3S/c1-4-22(20,21)17-7-5-16(6-8-17)12(19)9-18-11(3)13(14)10(2)15-18/h4-9H2,1-3H3. The quantitative estimate of drug-likeness (QED) is 0.800. The van der Waals surface area contributed by atoms with Gasteiger partial charge in [0, 0.05) is 26.2 Å². The predicted molar refractivity (Wildman–Crippen MR) is 84.3 cm³/mol. The fraction of sp³-hybridized carbons (Fsp3) is 0.692. The largest absolute Gasteiger partial charge is 0.338 e. The molecule has 0 radical (unpaired) electrons. The smallest absolute Gasteiger partial charge is 0.244 e. The van der Waals surface area contributed by atoms with E-state index < -0.39 is 10.0 Å². The van der Waals surface area contributed by atoms with Crippen molar-refractivity contribution in [2.75, 3.05) is 31.9 Å². The molecule has 0 bridgehead atoms. The minimum Gasteiger partial charge on any atom is -0.338 e. The molecular formula is C13H21ClN4O3S. The molecule has 1 aliphatic rings. The van der Waals surface area contributed by atoms with Gasteiger partial charge in [-0.3, -0.25) is 9.48 Å². The molecule has 0 spiro atoms. The number of piperazine rings is 1. The Balaban J connectivity index is 1.97. The van der Waals surface area contributed by atoms with Crippen LogP contribution in [0.4, 0.5) is 0 Å². The zero-order valence-electron chi connectivity index (χ0n) is 13.0. The lowest BCUT2D eigenvalue weighted by Crippen LogP contribution is -2.51. The summed E-state index contributed by atoms with van der Waals surface area (Å²) in [6.07, 6.45) is 0. The Labute approximate surface area is 135 Å². The van der Waals surface area contributed by atoms with E-state index in [1.54, 1.807) is 23.4 Å². The van der Waals surface area contributed by atoms with Gasteiger partial charge in [0.25, 0.3) is 0 Å². The molecule has 0 unspecified atom stereocenters. The number of amides is 1. The number of carbonyl (C=O) groups is 1. The summed E-state index contributed by atoms with van der Waals surface area (Å²) in [6, 6.07) is 0. The van der Waals surface area contributed by atoms with Gasteiger partial charge >= 0.3 is 0 Å². The number of nitrogens with zero attached hydrogens (tertiary/aromatic N) is 4. The molecule has 22 heavy (non-hydrogen) atoms. The minimum atomic E-state index is -3.18. The number of hydrogen-bond acceptors (Lipinski definition) is 4. The molecule has 124 valence electrons. The van der Waals surface area contributed by atoms with Crippen molar-refractivity contribution in [3.05, 3.63) is 16.4 Å². The third kappa shape index (κ3) is 3.44. The molecule has 1 aromatic heterocycles. The topological polar surface area (TPSA) is 75.5 Å². The Morgan fingerprint density at radius 1 is 1.23 bits per heavy atom. The van der Waals surface area contributed by atoms with Gasteiger partial charge in [-0.15, -0.1) is 0 Å². The van der Waals surface area contributed by atoms with E-state index >= 15 is 0 Å². The summed E-state index contributed by atoms with van der Waals surface area (Å²) in [4.78, 5) is 14.0. The Hall–Kier alpha value is -1.12. The summed E-state index contributed by atoms with van der Waals surface area (Å²) in [5.74, 6) is 0.0152. The number of sulfonamides is 1. The summed E-state index contributed by atoms with van der Waals surface area (Å²) in [5.41, 5.74) is 1.46. The maximum atomic E-state index is 12.3. The average Bonchev–Trinajstić information content (AvgIpc) is 2.74. The highest BCUT2D eigenvalue weighted by Gasteiger charge is 2.28. The van der Waals surface area contributed by atoms with Crippen molar-refractivity contribution in [2.45, 2.75) is 27.3 Å². The highest BCUT2D eigenvalue weighted by molar-refractivity contribution is 7.89. The minimum absolute atomic E-state index is 0.0733. The van der Waals surface area contributed by atoms with E-state index in [1.807, 2.05) is 6.92 Å². The molecule has 0 aliphatic carbocycles. The maximum absolute atomic E-state index is 12.3. The van der Waals surface area contributed by atoms with E-state index in [4.69, 9.17) is 11.6 Å². The molecule has 1 fully saturated rings. The van der Waals surface area contributed by atoms with Gasteiger partial charge in [-0.1, -0.05) is 11.6 Å². The number of halogens is 1. The lowest BCUT2D eigenvalue weighted by molar-refractivity contribution is -0.133. The van der Waals surface area contributed by atoms with Gasteiger partial charge in [0.2, 0.25) is 15.9 Å². The molecule has 1 aromatic rings. The predicted octanol–water partition coefficient (Wildman–Crippen LogP) is 0.647. The van der Waals surface area contributed by atoms with Crippen LogP contribution in [-0.2, 0) is 21.4 Å². The molecule has 0 atom stereocenters. The lowest BCUT2D eigenvalue weighted by atomic mass is 10.3. The van der Waals surface area contributed by atoms with E-state index in [9.17, 15) is 13.2 Å². The Morgan fingerprint density at radius 2 is 1.82 bits per heavy atom. The van der Waals surface area contributed by atoms with Crippen molar-refractivity contribution < 1.29 is 13.2 Å². The number of aromatic nitrogens is 2. The van der Waals surface area contributed by atoms with Crippen LogP contribution in [0.5, 0.6) is 0 Å². The molecule has 0 N–H and O–H groups in total. The molecule has 2 heterocycles. The van der Waals surface area contributed by atoms with Crippen LogP contribution in [-0.4, -0.2) is 65.2 Å². The second kappa shape index (κ2) is 6.55. The van der Waals surface area contributed by atoms with Crippen molar-refractivity contribution >= 4 is 27.5 Å². The third-order valence-corrected chi connectivity index (χ3v) is 6.36. The molecular weight excluding hydrogens is 328 g/mol. The first kappa shape index (κ1) is 17.2. The summed E-state index contributed by atoms with van der Waals surface area (Å²) in [5, 5.41) is 4.82. The molecule has 0 aromatic carbocycles. The fourth-order valence-corrected chi connectivity index (χ4v) is 3.68. The van der Waals surface area contributed by atoms with Crippen molar-refractivity contribution in [3.8, 4) is 0 Å². The Morgan fingerprint density at radius 3 is 2.27 bits per heavy atom. The van der Waals surface area contributed by atoms with Crippen molar-refractivity contribution in [1.82, 2.24) is 19.0 Å². The van der Waals surface area contributed by atoms with Crippen LogP contribution >= 0.6 is 11.6 Å². The summed E-state index contributed by atoms with van der Waals surface area (Å²) >= 11 is 6.07. The highest BCUT2D eigenvalue weighted by Crippen LogP contribution is 2.19. The molecule has 1 aliphatic heterocycles. The second-order valence-electron chi connectivity index (χ2n) is 5.32. The molecule has 1 saturated heterocycles. The zero-order chi connectivity index (χ0) is 16.5. The second-order valence-corrected chi connectivity index (χ2v) is 7.96. The lowest BCUT2D eigenvalue weighted by Gasteiger charge is -2.33. The number of hydrogen-bond donors (Lipinski definition) is 0. The zero-order valence-corrected chi connectivity index (χ0v) is 14.6. The number of carbonyl (C=O) groups excluding carboxylic acids is 1. The summed E-state index contributed by atoms with van der Waals surface area (Å²) < 4.78 is 26.6. The van der Waals surface area contributed by atoms with E-state index in [2.05, 4.69) is 5.10 Å². The molecule has 0 saturated carbocycles. The van der Waals surface area contributed by atoms with E-state index in [1.165, 1.54) is 4.31 Å². The fourth-order valence-electron chi connectivity index (χ4n) is 2.46. The first-order valence-electron chi connectivity index (χ1n) is 7.21. The van der Waals surface area contributed by atoms with Gasteiger partial charge in [0.1, 0.15) is 6.54 Å². The van der Waals surface area contributed by atoms with Crippen molar-refractivity contribution in [3.63, 3.8) is 0 Å². The van der Waals surface area contributed by atoms with Crippen LogP contribution < -0.4 is 0 Å². The summed E-state index contributed by atoms with van der Waals surface area (Å²) in [7, 11) is -3.18.